The summed E-state index contributed by atoms with van der Waals surface area (Å²) in [6, 6.07) is 15.1. The van der Waals surface area contributed by atoms with Gasteiger partial charge in [0.2, 0.25) is 0 Å². The van der Waals surface area contributed by atoms with Gasteiger partial charge < -0.3 is 9.47 Å². The van der Waals surface area contributed by atoms with E-state index < -0.39 is 11.9 Å². The molecule has 9 heteroatoms. The molecule has 148 valence electrons. The molecule has 29 heavy (non-hydrogen) atoms. The average Bonchev–Trinajstić information content (AvgIpc) is 3.25. The third-order valence-electron chi connectivity index (χ3n) is 3.49. The number of nitrogens with one attached hydrogen (secondary N) is 1. The first-order valence-electron chi connectivity index (χ1n) is 8.27. The average molecular weight is 449 g/mol. The van der Waals surface area contributed by atoms with Gasteiger partial charge in [-0.1, -0.05) is 35.3 Å². The lowest BCUT2D eigenvalue weighted by Crippen LogP contribution is -2.24. The molecule has 0 atom stereocenters. The number of hydrazone groups is 1. The van der Waals surface area contributed by atoms with Crippen LogP contribution in [0.2, 0.25) is 10.0 Å². The van der Waals surface area contributed by atoms with Crippen molar-refractivity contribution in [3.05, 3.63) is 80.5 Å². The van der Waals surface area contributed by atoms with Gasteiger partial charge in [0.1, 0.15) is 21.4 Å². The predicted octanol–water partition coefficient (Wildman–Crippen LogP) is 4.80. The van der Waals surface area contributed by atoms with Gasteiger partial charge >= 0.3 is 5.97 Å². The van der Waals surface area contributed by atoms with Gasteiger partial charge in [-0.2, -0.15) is 5.10 Å². The van der Waals surface area contributed by atoms with Gasteiger partial charge in [-0.3, -0.25) is 4.79 Å². The molecule has 0 aliphatic carbocycles. The zero-order valence-electron chi connectivity index (χ0n) is 14.8. The highest BCUT2D eigenvalue weighted by molar-refractivity contribution is 7.12. The Balaban J connectivity index is 1.46. The highest BCUT2D eigenvalue weighted by Crippen LogP contribution is 2.31. The van der Waals surface area contributed by atoms with E-state index >= 15 is 0 Å². The topological polar surface area (TPSA) is 77.0 Å². The summed E-state index contributed by atoms with van der Waals surface area (Å²) < 4.78 is 10.6. The van der Waals surface area contributed by atoms with E-state index in [1.54, 1.807) is 60.0 Å². The predicted molar refractivity (Wildman–Crippen MR) is 113 cm³/mol. The Bertz CT molecular complexity index is 1020. The first-order valence-corrected chi connectivity index (χ1v) is 9.91. The molecule has 1 aromatic heterocycles. The van der Waals surface area contributed by atoms with Crippen LogP contribution in [0.25, 0.3) is 0 Å². The molecule has 1 amide bonds. The van der Waals surface area contributed by atoms with Crippen molar-refractivity contribution in [2.45, 2.75) is 0 Å². The van der Waals surface area contributed by atoms with Gasteiger partial charge in [0.15, 0.2) is 6.61 Å². The minimum absolute atomic E-state index is 0.241. The van der Waals surface area contributed by atoms with Crippen LogP contribution in [0, 0.1) is 0 Å². The zero-order valence-corrected chi connectivity index (χ0v) is 17.1. The Morgan fingerprint density at radius 1 is 1.07 bits per heavy atom. The van der Waals surface area contributed by atoms with E-state index in [0.717, 1.165) is 0 Å². The Morgan fingerprint density at radius 2 is 1.86 bits per heavy atom. The molecular formula is C20H14Cl2N2O4S. The molecule has 6 nitrogen and oxygen atoms in total. The summed E-state index contributed by atoms with van der Waals surface area (Å²) in [5.74, 6) is -0.144. The highest BCUT2D eigenvalue weighted by Gasteiger charge is 2.09. The monoisotopic (exact) mass is 448 g/mol. The van der Waals surface area contributed by atoms with Crippen LogP contribution < -0.4 is 14.9 Å². The molecule has 0 aliphatic heterocycles. The number of rotatable bonds is 7. The van der Waals surface area contributed by atoms with Crippen molar-refractivity contribution in [1.82, 2.24) is 5.43 Å². The van der Waals surface area contributed by atoms with Gasteiger partial charge in [-0.15, -0.1) is 11.3 Å². The number of carbonyl (C=O) groups is 2. The minimum Gasteiger partial charge on any atom is -0.482 e. The number of esters is 1. The molecule has 1 N–H and O–H groups in total. The molecular weight excluding hydrogens is 435 g/mol. The molecule has 1 heterocycles. The number of hydrogen-bond donors (Lipinski definition) is 1. The molecule has 3 rings (SSSR count). The lowest BCUT2D eigenvalue weighted by atomic mass is 10.2. The van der Waals surface area contributed by atoms with E-state index in [9.17, 15) is 9.59 Å². The number of halogens is 2. The van der Waals surface area contributed by atoms with Crippen LogP contribution in [0.4, 0.5) is 0 Å². The van der Waals surface area contributed by atoms with E-state index in [0.29, 0.717) is 27.0 Å². The molecule has 3 aromatic rings. The molecule has 0 fully saturated rings. The second kappa shape index (κ2) is 10.1. The number of benzene rings is 2. The quantitative estimate of drug-likeness (QED) is 0.243. The lowest BCUT2D eigenvalue weighted by molar-refractivity contribution is -0.123. The molecule has 0 bridgehead atoms. The van der Waals surface area contributed by atoms with Gasteiger partial charge in [-0.05, 0) is 53.4 Å². The van der Waals surface area contributed by atoms with Crippen LogP contribution in [-0.4, -0.2) is 24.7 Å². The Kier molecular flexibility index (Phi) is 7.24. The van der Waals surface area contributed by atoms with Crippen LogP contribution in [0.5, 0.6) is 11.5 Å². The Morgan fingerprint density at radius 3 is 2.59 bits per heavy atom. The van der Waals surface area contributed by atoms with Crippen molar-refractivity contribution in [2.24, 2.45) is 5.10 Å². The van der Waals surface area contributed by atoms with Crippen LogP contribution in [0.1, 0.15) is 15.2 Å². The first-order chi connectivity index (χ1) is 14.0. The van der Waals surface area contributed by atoms with Crippen LogP contribution in [-0.2, 0) is 4.79 Å². The van der Waals surface area contributed by atoms with Crippen molar-refractivity contribution in [3.8, 4) is 11.5 Å². The first kappa shape index (κ1) is 20.9. The molecule has 0 aliphatic rings. The summed E-state index contributed by atoms with van der Waals surface area (Å²) in [6.07, 6.45) is 1.45. The lowest BCUT2D eigenvalue weighted by Gasteiger charge is -2.07. The minimum atomic E-state index is -0.459. The van der Waals surface area contributed by atoms with Crippen molar-refractivity contribution in [2.75, 3.05) is 6.61 Å². The smallest absolute Gasteiger partial charge is 0.353 e. The largest absolute Gasteiger partial charge is 0.482 e. The van der Waals surface area contributed by atoms with Gasteiger partial charge in [-0.25, -0.2) is 10.2 Å². The third-order valence-corrected chi connectivity index (χ3v) is 5.14. The zero-order chi connectivity index (χ0) is 20.6. The van der Waals surface area contributed by atoms with Crippen molar-refractivity contribution >= 4 is 52.6 Å². The van der Waals surface area contributed by atoms with Gasteiger partial charge in [0.05, 0.1) is 11.2 Å². The molecule has 0 radical (unpaired) electrons. The Labute approximate surface area is 180 Å². The fourth-order valence-electron chi connectivity index (χ4n) is 2.12. The summed E-state index contributed by atoms with van der Waals surface area (Å²) in [4.78, 5) is 24.2. The SMILES string of the molecule is O=C(COc1cccc(Cl)c1Cl)N/N=C/c1ccc(OC(=O)c2cccs2)cc1. The van der Waals surface area contributed by atoms with Crippen molar-refractivity contribution < 1.29 is 19.1 Å². The third kappa shape index (κ3) is 6.05. The fourth-order valence-corrected chi connectivity index (χ4v) is 3.07. The van der Waals surface area contributed by atoms with E-state index in [-0.39, 0.29) is 11.6 Å². The van der Waals surface area contributed by atoms with Crippen LogP contribution in [0.15, 0.2) is 65.1 Å². The number of carbonyl (C=O) groups excluding carboxylic acids is 2. The van der Waals surface area contributed by atoms with Crippen molar-refractivity contribution in [1.29, 1.82) is 0 Å². The maximum atomic E-state index is 11.9. The van der Waals surface area contributed by atoms with Crippen molar-refractivity contribution in [3.63, 3.8) is 0 Å². The van der Waals surface area contributed by atoms with Gasteiger partial charge in [0, 0.05) is 0 Å². The molecule has 0 saturated carbocycles. The number of thiophene rings is 1. The second-order valence-electron chi connectivity index (χ2n) is 5.57. The van der Waals surface area contributed by atoms with E-state index in [1.165, 1.54) is 17.6 Å². The normalized spacial score (nSPS) is 10.7. The Hall–Kier alpha value is -2.87. The standard InChI is InChI=1S/C20H14Cl2N2O4S/c21-15-3-1-4-16(19(15)22)27-12-18(25)24-23-11-13-6-8-14(9-7-13)28-20(26)17-5-2-10-29-17/h1-11H,12H2,(H,24,25)/b23-11+. The molecule has 0 unspecified atom stereocenters. The molecule has 0 spiro atoms. The van der Waals surface area contributed by atoms with Crippen LogP contribution in [0.3, 0.4) is 0 Å². The maximum Gasteiger partial charge on any atom is 0.353 e. The maximum absolute atomic E-state index is 11.9. The summed E-state index contributed by atoms with van der Waals surface area (Å²) >= 11 is 13.2. The molecule has 0 saturated heterocycles. The van der Waals surface area contributed by atoms with Crippen LogP contribution >= 0.6 is 34.5 Å². The number of nitrogens with zero attached hydrogens (tertiary/aromatic N) is 1. The highest BCUT2D eigenvalue weighted by atomic mass is 35.5. The summed E-state index contributed by atoms with van der Waals surface area (Å²) in [6.45, 7) is -0.269. The number of amides is 1. The summed E-state index contributed by atoms with van der Waals surface area (Å²) in [5, 5.41) is 6.24. The summed E-state index contributed by atoms with van der Waals surface area (Å²) in [5.41, 5.74) is 3.05. The van der Waals surface area contributed by atoms with Gasteiger partial charge in [0.25, 0.3) is 5.91 Å². The van der Waals surface area contributed by atoms with E-state index in [2.05, 4.69) is 10.5 Å². The van der Waals surface area contributed by atoms with E-state index in [1.807, 2.05) is 0 Å². The fraction of sp³-hybridized carbons (Fsp3) is 0.0500. The summed E-state index contributed by atoms with van der Waals surface area (Å²) in [7, 11) is 0. The number of hydrogen-bond acceptors (Lipinski definition) is 6. The second-order valence-corrected chi connectivity index (χ2v) is 7.30. The number of ether oxygens (including phenoxy) is 2. The molecule has 2 aromatic carbocycles. The van der Waals surface area contributed by atoms with E-state index in [4.69, 9.17) is 32.7 Å².